The van der Waals surface area contributed by atoms with Crippen molar-refractivity contribution in [3.05, 3.63) is 59.7 Å². The molecule has 10 nitrogen and oxygen atoms in total. The van der Waals surface area contributed by atoms with Crippen molar-refractivity contribution in [2.45, 2.75) is 99.3 Å². The molecule has 4 saturated heterocycles. The van der Waals surface area contributed by atoms with Crippen LogP contribution in [-0.2, 0) is 41.4 Å². The van der Waals surface area contributed by atoms with E-state index in [0.29, 0.717) is 18.0 Å². The van der Waals surface area contributed by atoms with Gasteiger partial charge in [-0.15, -0.1) is 0 Å². The molecule has 2 spiro atoms. The van der Waals surface area contributed by atoms with Gasteiger partial charge in [-0.2, -0.15) is 4.31 Å². The van der Waals surface area contributed by atoms with Crippen molar-refractivity contribution < 1.29 is 26.3 Å². The van der Waals surface area contributed by atoms with Crippen LogP contribution in [0.1, 0.15) is 76.3 Å². The van der Waals surface area contributed by atoms with Crippen LogP contribution in [-0.4, -0.2) is 108 Å². The summed E-state index contributed by atoms with van der Waals surface area (Å²) in [5, 5.41) is 3.51. The molecule has 2 aromatic rings. The highest BCUT2D eigenvalue weighted by molar-refractivity contribution is 8.13. The van der Waals surface area contributed by atoms with Gasteiger partial charge in [0.2, 0.25) is 10.0 Å². The first kappa shape index (κ1) is 39.1. The number of sulfonamides is 1. The zero-order valence-corrected chi connectivity index (χ0v) is 32.8. The normalized spacial score (nSPS) is 23.8. The maximum atomic E-state index is 13.2. The first-order valence-electron chi connectivity index (χ1n) is 19.1. The van der Waals surface area contributed by atoms with Gasteiger partial charge in [0.15, 0.2) is 0 Å². The molecule has 0 bridgehead atoms. The number of hydrogen-bond donors (Lipinski definition) is 1. The minimum Gasteiger partial charge on any atom is -0.359 e. The number of nitrogens with zero attached hydrogens (tertiary/aromatic N) is 3. The molecule has 13 heteroatoms. The Morgan fingerprint density at radius 2 is 1.18 bits per heavy atom. The smallest absolute Gasteiger partial charge is 0.261 e. The molecule has 0 amide bonds. The highest BCUT2D eigenvalue weighted by Gasteiger charge is 2.50. The van der Waals surface area contributed by atoms with Gasteiger partial charge in [-0.25, -0.2) is 16.8 Å². The molecule has 0 unspecified atom stereocenters. The van der Waals surface area contributed by atoms with E-state index in [4.69, 9.17) is 20.2 Å². The van der Waals surface area contributed by atoms with Crippen molar-refractivity contribution in [2.75, 3.05) is 65.6 Å². The molecule has 8 rings (SSSR count). The van der Waals surface area contributed by atoms with Crippen molar-refractivity contribution >= 4 is 29.8 Å². The zero-order valence-electron chi connectivity index (χ0n) is 30.4. The summed E-state index contributed by atoms with van der Waals surface area (Å²) in [6.07, 6.45) is 11.3. The third-order valence-electron chi connectivity index (χ3n) is 11.3. The summed E-state index contributed by atoms with van der Waals surface area (Å²) < 4.78 is 61.5. The molecule has 0 radical (unpaired) electrons. The molecule has 2 aliphatic carbocycles. The summed E-state index contributed by atoms with van der Waals surface area (Å²) in [7, 11) is -1.94. The second-order valence-electron chi connectivity index (χ2n) is 15.1. The van der Waals surface area contributed by atoms with Gasteiger partial charge in [-0.3, -0.25) is 5.32 Å². The van der Waals surface area contributed by atoms with Gasteiger partial charge in [0, 0.05) is 88.7 Å². The number of rotatable bonds is 9. The largest absolute Gasteiger partial charge is 0.359 e. The number of benzene rings is 2. The summed E-state index contributed by atoms with van der Waals surface area (Å²) in [4.78, 5) is 5.63. The van der Waals surface area contributed by atoms with E-state index in [1.165, 1.54) is 76.8 Å². The van der Waals surface area contributed by atoms with Crippen molar-refractivity contribution in [3.63, 3.8) is 0 Å². The van der Waals surface area contributed by atoms with Gasteiger partial charge in [0.25, 0.3) is 9.05 Å². The molecule has 0 atom stereocenters. The lowest BCUT2D eigenvalue weighted by atomic mass is 10.0. The van der Waals surface area contributed by atoms with E-state index in [9.17, 15) is 16.8 Å². The number of nitrogens with one attached hydrogen (secondary N) is 1. The Morgan fingerprint density at radius 3 is 1.61 bits per heavy atom. The Bertz CT molecular complexity index is 1630. The van der Waals surface area contributed by atoms with Crippen LogP contribution in [0.2, 0.25) is 0 Å². The van der Waals surface area contributed by atoms with Crippen LogP contribution in [0.25, 0.3) is 0 Å². The predicted octanol–water partition coefficient (Wildman–Crippen LogP) is 5.46. The number of hydrogen-bond acceptors (Lipinski definition) is 9. The van der Waals surface area contributed by atoms with Crippen LogP contribution in [0.5, 0.6) is 0 Å². The lowest BCUT2D eigenvalue weighted by Gasteiger charge is -2.43. The molecular weight excluding hydrogens is 708 g/mol. The Hall–Kier alpha value is -1.61. The average Bonchev–Trinajstić information content (AvgIpc) is 4.06. The summed E-state index contributed by atoms with van der Waals surface area (Å²) >= 11 is 0. The topological polar surface area (TPSA) is 108 Å². The third kappa shape index (κ3) is 10.3. The second kappa shape index (κ2) is 16.8. The molecule has 284 valence electrons. The van der Waals surface area contributed by atoms with Crippen LogP contribution in [0, 0.1) is 11.8 Å². The quantitative estimate of drug-likeness (QED) is 0.334. The molecular formula is C38H57ClN4O6S2. The molecule has 51 heavy (non-hydrogen) atoms. The van der Waals surface area contributed by atoms with E-state index in [1.807, 2.05) is 19.1 Å². The number of halogens is 1. The molecule has 0 aromatic heterocycles. The van der Waals surface area contributed by atoms with Crippen LogP contribution in [0.15, 0.2) is 58.3 Å². The average molecular weight is 765 g/mol. The van der Waals surface area contributed by atoms with E-state index in [0.717, 1.165) is 74.9 Å². The fourth-order valence-electron chi connectivity index (χ4n) is 7.65. The van der Waals surface area contributed by atoms with Gasteiger partial charge in [0.1, 0.15) is 11.4 Å². The SMILES string of the molecule is C1COC2(CCN(CC3CC3)CC2)N1.CCc1ccc(S(=O)(=O)Cl)cc1.CCc1ccc(S(=O)(=O)N2CCOC23CCN(CC2CC2)CC3)cc1. The van der Waals surface area contributed by atoms with Crippen LogP contribution < -0.4 is 5.32 Å². The predicted molar refractivity (Wildman–Crippen MR) is 201 cm³/mol. The third-order valence-corrected chi connectivity index (χ3v) is 14.6. The number of ether oxygens (including phenoxy) is 2. The Kier molecular flexibility index (Phi) is 12.9. The number of piperidine rings is 2. The van der Waals surface area contributed by atoms with Gasteiger partial charge in [0.05, 0.1) is 23.0 Å². The molecule has 2 aromatic carbocycles. The Labute approximate surface area is 310 Å². The minimum absolute atomic E-state index is 0.0695. The van der Waals surface area contributed by atoms with E-state index < -0.39 is 24.8 Å². The molecule has 6 aliphatic rings. The standard InChI is InChI=1S/C19H28N2O3S.C11H20N2O.C8H9ClO2S/c1-2-16-5-7-18(8-6-16)25(22,23)21-13-14-24-19(21)9-11-20(12-10-19)15-17-3-4-17;1-2-10(1)9-13-6-3-11(4-7-13)12-5-8-14-11;1-2-7-3-5-8(6-4-7)12(9,10)11/h5-8,17H,2-4,9-15H2,1H3;10,12H,1-9H2;3-6H,2H2,1H3. The number of aryl methyl sites for hydroxylation is 2. The van der Waals surface area contributed by atoms with Crippen molar-refractivity contribution in [1.82, 2.24) is 19.4 Å². The lowest BCUT2D eigenvalue weighted by Crippen LogP contribution is -2.55. The van der Waals surface area contributed by atoms with Gasteiger partial charge in [-0.05, 0) is 85.8 Å². The van der Waals surface area contributed by atoms with Crippen LogP contribution >= 0.6 is 10.7 Å². The van der Waals surface area contributed by atoms with Gasteiger partial charge in [-0.1, -0.05) is 38.1 Å². The Morgan fingerprint density at radius 1 is 0.686 bits per heavy atom. The molecule has 4 aliphatic heterocycles. The zero-order chi connectivity index (χ0) is 36.1. The van der Waals surface area contributed by atoms with E-state index >= 15 is 0 Å². The van der Waals surface area contributed by atoms with Crippen LogP contribution in [0.3, 0.4) is 0 Å². The van der Waals surface area contributed by atoms with Gasteiger partial charge < -0.3 is 19.3 Å². The monoisotopic (exact) mass is 764 g/mol. The molecule has 6 fully saturated rings. The summed E-state index contributed by atoms with van der Waals surface area (Å²) in [5.41, 5.74) is 1.68. The lowest BCUT2D eigenvalue weighted by molar-refractivity contribution is -0.0910. The van der Waals surface area contributed by atoms with E-state index in [2.05, 4.69) is 22.0 Å². The molecule has 4 heterocycles. The first-order valence-corrected chi connectivity index (χ1v) is 22.8. The summed E-state index contributed by atoms with van der Waals surface area (Å²) in [6, 6.07) is 13.8. The van der Waals surface area contributed by atoms with E-state index in [-0.39, 0.29) is 10.6 Å². The highest BCUT2D eigenvalue weighted by atomic mass is 35.7. The van der Waals surface area contributed by atoms with Crippen molar-refractivity contribution in [3.8, 4) is 0 Å². The van der Waals surface area contributed by atoms with Crippen LogP contribution in [0.4, 0.5) is 0 Å². The van der Waals surface area contributed by atoms with Crippen molar-refractivity contribution in [1.29, 1.82) is 0 Å². The fourth-order valence-corrected chi connectivity index (χ4v) is 10.1. The minimum atomic E-state index is -3.56. The van der Waals surface area contributed by atoms with E-state index in [1.54, 1.807) is 28.6 Å². The number of likely N-dealkylation sites (tertiary alicyclic amines) is 2. The Balaban J connectivity index is 0.000000145. The second-order valence-corrected chi connectivity index (χ2v) is 19.5. The highest BCUT2D eigenvalue weighted by Crippen LogP contribution is 2.40. The molecule has 1 N–H and O–H groups in total. The summed E-state index contributed by atoms with van der Waals surface area (Å²) in [5.74, 6) is 1.90. The van der Waals surface area contributed by atoms with Crippen molar-refractivity contribution in [2.24, 2.45) is 11.8 Å². The maximum Gasteiger partial charge on any atom is 0.261 e. The van der Waals surface area contributed by atoms with Gasteiger partial charge >= 0.3 is 0 Å². The maximum absolute atomic E-state index is 13.2. The molecule has 2 saturated carbocycles. The fraction of sp³-hybridized carbons (Fsp3) is 0.684. The summed E-state index contributed by atoms with van der Waals surface area (Å²) in [6.45, 7) is 13.8. The first-order chi connectivity index (χ1) is 24.4.